The highest BCUT2D eigenvalue weighted by atomic mass is 79.9. The lowest BCUT2D eigenvalue weighted by molar-refractivity contribution is -0.137. The van der Waals surface area contributed by atoms with Gasteiger partial charge in [0.15, 0.2) is 0 Å². The molecule has 0 spiro atoms. The standard InChI is InChI=1S/C13H16BrF3N2O/c1-2-3-9(18)7-12(20)19-11-5-4-8(14)6-10(11)13(15,16)17/h4-6,9H,2-3,7,18H2,1H3,(H,19,20). The van der Waals surface area contributed by atoms with Crippen LogP contribution in [0, 0.1) is 0 Å². The number of anilines is 1. The molecule has 1 aromatic carbocycles. The van der Waals surface area contributed by atoms with Gasteiger partial charge in [0.05, 0.1) is 11.3 Å². The number of alkyl halides is 3. The highest BCUT2D eigenvalue weighted by Crippen LogP contribution is 2.36. The fraction of sp³-hybridized carbons (Fsp3) is 0.462. The van der Waals surface area contributed by atoms with Crippen LogP contribution in [0.4, 0.5) is 18.9 Å². The lowest BCUT2D eigenvalue weighted by atomic mass is 10.1. The molecule has 1 unspecified atom stereocenters. The second kappa shape index (κ2) is 7.08. The van der Waals surface area contributed by atoms with Gasteiger partial charge in [-0.1, -0.05) is 29.3 Å². The summed E-state index contributed by atoms with van der Waals surface area (Å²) < 4.78 is 38.9. The maximum Gasteiger partial charge on any atom is 0.418 e. The van der Waals surface area contributed by atoms with Gasteiger partial charge < -0.3 is 11.1 Å². The Morgan fingerprint density at radius 2 is 2.10 bits per heavy atom. The van der Waals surface area contributed by atoms with Crippen molar-refractivity contribution in [3.8, 4) is 0 Å². The molecule has 0 heterocycles. The van der Waals surface area contributed by atoms with Crippen molar-refractivity contribution in [2.75, 3.05) is 5.32 Å². The Balaban J connectivity index is 2.85. The molecule has 1 atom stereocenters. The van der Waals surface area contributed by atoms with Crippen molar-refractivity contribution < 1.29 is 18.0 Å². The summed E-state index contributed by atoms with van der Waals surface area (Å²) in [5, 5.41) is 2.27. The van der Waals surface area contributed by atoms with Gasteiger partial charge in [-0.3, -0.25) is 4.79 Å². The Bertz CT molecular complexity index is 477. The van der Waals surface area contributed by atoms with Gasteiger partial charge in [-0.2, -0.15) is 13.2 Å². The predicted molar refractivity (Wildman–Crippen MR) is 75.3 cm³/mol. The molecule has 20 heavy (non-hydrogen) atoms. The number of hydrogen-bond acceptors (Lipinski definition) is 2. The van der Waals surface area contributed by atoms with Gasteiger partial charge in [0.2, 0.25) is 5.91 Å². The van der Waals surface area contributed by atoms with E-state index in [1.165, 1.54) is 12.1 Å². The average Bonchev–Trinajstić information content (AvgIpc) is 2.30. The summed E-state index contributed by atoms with van der Waals surface area (Å²) in [5.41, 5.74) is 4.56. The first-order valence-corrected chi connectivity index (χ1v) is 6.95. The van der Waals surface area contributed by atoms with Crippen molar-refractivity contribution in [3.05, 3.63) is 28.2 Å². The fourth-order valence-corrected chi connectivity index (χ4v) is 2.13. The van der Waals surface area contributed by atoms with Crippen LogP contribution in [-0.4, -0.2) is 11.9 Å². The molecule has 0 bridgehead atoms. The highest BCUT2D eigenvalue weighted by molar-refractivity contribution is 9.10. The normalized spacial score (nSPS) is 13.1. The summed E-state index contributed by atoms with van der Waals surface area (Å²) in [5.74, 6) is -0.515. The first kappa shape index (κ1) is 17.0. The van der Waals surface area contributed by atoms with Crippen LogP contribution in [-0.2, 0) is 11.0 Å². The highest BCUT2D eigenvalue weighted by Gasteiger charge is 2.34. The summed E-state index contributed by atoms with van der Waals surface area (Å²) >= 11 is 2.98. The topological polar surface area (TPSA) is 55.1 Å². The van der Waals surface area contributed by atoms with Crippen molar-refractivity contribution in [2.45, 2.75) is 38.4 Å². The molecule has 1 rings (SSSR count). The van der Waals surface area contributed by atoms with Crippen LogP contribution in [0.25, 0.3) is 0 Å². The van der Waals surface area contributed by atoms with Gasteiger partial charge in [-0.15, -0.1) is 0 Å². The third-order valence-electron chi connectivity index (χ3n) is 2.67. The number of rotatable bonds is 5. The molecule has 1 amide bonds. The van der Waals surface area contributed by atoms with E-state index in [0.29, 0.717) is 10.9 Å². The minimum absolute atomic E-state index is 0.00119. The molecule has 3 nitrogen and oxygen atoms in total. The van der Waals surface area contributed by atoms with Crippen LogP contribution >= 0.6 is 15.9 Å². The number of amides is 1. The minimum atomic E-state index is -4.53. The zero-order valence-electron chi connectivity index (χ0n) is 10.9. The lowest BCUT2D eigenvalue weighted by Gasteiger charge is -2.15. The smallest absolute Gasteiger partial charge is 0.327 e. The van der Waals surface area contributed by atoms with Crippen LogP contribution in [0.2, 0.25) is 0 Å². The number of hydrogen-bond donors (Lipinski definition) is 2. The Labute approximate surface area is 123 Å². The molecule has 0 aliphatic carbocycles. The Morgan fingerprint density at radius 3 is 2.65 bits per heavy atom. The van der Waals surface area contributed by atoms with Crippen LogP contribution < -0.4 is 11.1 Å². The Hall–Kier alpha value is -1.08. The van der Waals surface area contributed by atoms with E-state index in [1.54, 1.807) is 0 Å². The number of benzene rings is 1. The minimum Gasteiger partial charge on any atom is -0.327 e. The third-order valence-corrected chi connectivity index (χ3v) is 3.16. The molecule has 0 saturated heterocycles. The first-order chi connectivity index (χ1) is 9.24. The first-order valence-electron chi connectivity index (χ1n) is 6.16. The summed E-state index contributed by atoms with van der Waals surface area (Å²) in [4.78, 5) is 11.7. The molecule has 0 saturated carbocycles. The predicted octanol–water partition coefficient (Wildman–Crippen LogP) is 3.92. The van der Waals surface area contributed by atoms with Crippen LogP contribution in [0.3, 0.4) is 0 Å². The summed E-state index contributed by atoms with van der Waals surface area (Å²) in [7, 11) is 0. The molecule has 0 aromatic heterocycles. The maximum absolute atomic E-state index is 12.9. The van der Waals surface area contributed by atoms with E-state index in [9.17, 15) is 18.0 Å². The molecular weight excluding hydrogens is 337 g/mol. The van der Waals surface area contributed by atoms with Gasteiger partial charge >= 0.3 is 6.18 Å². The lowest BCUT2D eigenvalue weighted by Crippen LogP contribution is -2.27. The van der Waals surface area contributed by atoms with Crippen molar-refractivity contribution in [1.82, 2.24) is 0 Å². The van der Waals surface area contributed by atoms with E-state index < -0.39 is 17.6 Å². The molecule has 3 N–H and O–H groups in total. The largest absolute Gasteiger partial charge is 0.418 e. The number of halogens is 4. The maximum atomic E-state index is 12.9. The van der Waals surface area contributed by atoms with E-state index in [1.807, 2.05) is 6.92 Å². The van der Waals surface area contributed by atoms with Crippen molar-refractivity contribution in [3.63, 3.8) is 0 Å². The van der Waals surface area contributed by atoms with Crippen LogP contribution in [0.15, 0.2) is 22.7 Å². The third kappa shape index (κ3) is 5.13. The Morgan fingerprint density at radius 1 is 1.45 bits per heavy atom. The molecule has 1 aromatic rings. The second-order valence-corrected chi connectivity index (χ2v) is 5.40. The summed E-state index contributed by atoms with van der Waals surface area (Å²) in [6, 6.07) is 3.25. The second-order valence-electron chi connectivity index (χ2n) is 4.49. The van der Waals surface area contributed by atoms with Gasteiger partial charge in [0.25, 0.3) is 0 Å². The number of nitrogens with two attached hydrogens (primary N) is 1. The van der Waals surface area contributed by atoms with E-state index in [0.717, 1.165) is 12.5 Å². The van der Waals surface area contributed by atoms with E-state index in [-0.39, 0.29) is 18.2 Å². The number of carbonyl (C=O) groups is 1. The van der Waals surface area contributed by atoms with Gasteiger partial charge in [0.1, 0.15) is 0 Å². The fourth-order valence-electron chi connectivity index (χ4n) is 1.77. The Kier molecular flexibility index (Phi) is 6.01. The SMILES string of the molecule is CCCC(N)CC(=O)Nc1ccc(Br)cc1C(F)(F)F. The molecule has 7 heteroatoms. The van der Waals surface area contributed by atoms with Gasteiger partial charge in [0, 0.05) is 16.9 Å². The summed E-state index contributed by atoms with van der Waals surface area (Å²) in [6.45, 7) is 1.92. The van der Waals surface area contributed by atoms with Crippen molar-refractivity contribution >= 4 is 27.5 Å². The average molecular weight is 353 g/mol. The molecular formula is C13H16BrF3N2O. The monoisotopic (exact) mass is 352 g/mol. The number of nitrogens with one attached hydrogen (secondary N) is 1. The summed E-state index contributed by atoms with van der Waals surface area (Å²) in [6.07, 6.45) is -3.06. The van der Waals surface area contributed by atoms with E-state index >= 15 is 0 Å². The van der Waals surface area contributed by atoms with Crippen molar-refractivity contribution in [2.24, 2.45) is 5.73 Å². The molecule has 0 aliphatic heterocycles. The molecule has 0 fully saturated rings. The van der Waals surface area contributed by atoms with Crippen LogP contribution in [0.1, 0.15) is 31.7 Å². The molecule has 0 radical (unpaired) electrons. The van der Waals surface area contributed by atoms with E-state index in [2.05, 4.69) is 21.2 Å². The molecule has 112 valence electrons. The van der Waals surface area contributed by atoms with Crippen LogP contribution in [0.5, 0.6) is 0 Å². The van der Waals surface area contributed by atoms with Gasteiger partial charge in [-0.25, -0.2) is 0 Å². The van der Waals surface area contributed by atoms with Gasteiger partial charge in [-0.05, 0) is 24.6 Å². The number of carbonyl (C=O) groups excluding carboxylic acids is 1. The van der Waals surface area contributed by atoms with Crippen molar-refractivity contribution in [1.29, 1.82) is 0 Å². The zero-order valence-corrected chi connectivity index (χ0v) is 12.5. The quantitative estimate of drug-likeness (QED) is 0.843. The zero-order chi connectivity index (χ0) is 15.3. The molecule has 0 aliphatic rings. The van der Waals surface area contributed by atoms with E-state index in [4.69, 9.17) is 5.73 Å².